The fourth-order valence-electron chi connectivity index (χ4n) is 1.33. The van der Waals surface area contributed by atoms with Crippen molar-refractivity contribution in [2.45, 2.75) is 25.8 Å². The van der Waals surface area contributed by atoms with Gasteiger partial charge >= 0.3 is 5.97 Å². The SMILES string of the molecule is CCCC(N)c1c[nH]c(C(=O)OC)c1. The summed E-state index contributed by atoms with van der Waals surface area (Å²) in [6.45, 7) is 2.08. The molecule has 4 nitrogen and oxygen atoms in total. The Morgan fingerprint density at radius 2 is 2.43 bits per heavy atom. The number of hydrogen-bond acceptors (Lipinski definition) is 3. The highest BCUT2D eigenvalue weighted by Gasteiger charge is 2.11. The second-order valence-corrected chi connectivity index (χ2v) is 3.23. The average Bonchev–Trinajstić information content (AvgIpc) is 2.66. The summed E-state index contributed by atoms with van der Waals surface area (Å²) in [7, 11) is 1.36. The number of rotatable bonds is 4. The van der Waals surface area contributed by atoms with Gasteiger partial charge in [0.25, 0.3) is 0 Å². The lowest BCUT2D eigenvalue weighted by Crippen LogP contribution is -2.08. The molecule has 3 N–H and O–H groups in total. The summed E-state index contributed by atoms with van der Waals surface area (Å²) in [5.41, 5.74) is 7.29. The fourth-order valence-corrected chi connectivity index (χ4v) is 1.33. The minimum absolute atomic E-state index is 0.00495. The molecule has 78 valence electrons. The Hall–Kier alpha value is -1.29. The highest BCUT2D eigenvalue weighted by molar-refractivity contribution is 5.87. The summed E-state index contributed by atoms with van der Waals surface area (Å²) in [4.78, 5) is 14.0. The molecule has 0 bridgehead atoms. The number of aromatic amines is 1. The highest BCUT2D eigenvalue weighted by atomic mass is 16.5. The summed E-state index contributed by atoms with van der Waals surface area (Å²) < 4.78 is 4.58. The normalized spacial score (nSPS) is 12.5. The molecular weight excluding hydrogens is 180 g/mol. The van der Waals surface area contributed by atoms with Gasteiger partial charge in [0.15, 0.2) is 0 Å². The van der Waals surface area contributed by atoms with Crippen LogP contribution in [-0.4, -0.2) is 18.1 Å². The number of nitrogens with two attached hydrogens (primary N) is 1. The first-order valence-electron chi connectivity index (χ1n) is 4.71. The van der Waals surface area contributed by atoms with Gasteiger partial charge in [0.05, 0.1) is 7.11 Å². The molecule has 1 atom stereocenters. The number of esters is 1. The van der Waals surface area contributed by atoms with Crippen molar-refractivity contribution in [2.24, 2.45) is 5.73 Å². The van der Waals surface area contributed by atoms with E-state index in [1.54, 1.807) is 12.3 Å². The molecular formula is C10H16N2O2. The first kappa shape index (κ1) is 10.8. The Bertz CT molecular complexity index is 307. The summed E-state index contributed by atoms with van der Waals surface area (Å²) in [6, 6.07) is 1.74. The zero-order chi connectivity index (χ0) is 10.6. The molecule has 0 aromatic carbocycles. The molecule has 0 saturated heterocycles. The highest BCUT2D eigenvalue weighted by Crippen LogP contribution is 2.16. The van der Waals surface area contributed by atoms with Crippen LogP contribution in [0.3, 0.4) is 0 Å². The summed E-state index contributed by atoms with van der Waals surface area (Å²) in [5.74, 6) is -0.361. The molecule has 0 aliphatic rings. The van der Waals surface area contributed by atoms with Crippen LogP contribution < -0.4 is 5.73 Å². The average molecular weight is 196 g/mol. The topological polar surface area (TPSA) is 68.1 Å². The van der Waals surface area contributed by atoms with E-state index in [9.17, 15) is 4.79 Å². The maximum Gasteiger partial charge on any atom is 0.354 e. The predicted octanol–water partition coefficient (Wildman–Crippen LogP) is 1.60. The number of carbonyl (C=O) groups excluding carboxylic acids is 1. The molecule has 1 unspecified atom stereocenters. The molecule has 0 spiro atoms. The minimum atomic E-state index is -0.361. The number of hydrogen-bond donors (Lipinski definition) is 2. The Morgan fingerprint density at radius 3 is 3.00 bits per heavy atom. The van der Waals surface area contributed by atoms with E-state index < -0.39 is 0 Å². The van der Waals surface area contributed by atoms with E-state index in [4.69, 9.17) is 5.73 Å². The minimum Gasteiger partial charge on any atom is -0.464 e. The molecule has 1 heterocycles. The van der Waals surface area contributed by atoms with E-state index in [1.165, 1.54) is 7.11 Å². The largest absolute Gasteiger partial charge is 0.464 e. The van der Waals surface area contributed by atoms with Crippen molar-refractivity contribution in [3.05, 3.63) is 23.5 Å². The van der Waals surface area contributed by atoms with Crippen molar-refractivity contribution in [1.29, 1.82) is 0 Å². The van der Waals surface area contributed by atoms with E-state index in [0.717, 1.165) is 18.4 Å². The van der Waals surface area contributed by atoms with Crippen molar-refractivity contribution in [3.8, 4) is 0 Å². The number of carbonyl (C=O) groups is 1. The second-order valence-electron chi connectivity index (χ2n) is 3.23. The molecule has 0 fully saturated rings. The van der Waals surface area contributed by atoms with Gasteiger partial charge in [-0.25, -0.2) is 4.79 Å². The zero-order valence-corrected chi connectivity index (χ0v) is 8.54. The Labute approximate surface area is 83.4 Å². The van der Waals surface area contributed by atoms with Crippen molar-refractivity contribution in [1.82, 2.24) is 4.98 Å². The van der Waals surface area contributed by atoms with Crippen LogP contribution in [-0.2, 0) is 4.74 Å². The van der Waals surface area contributed by atoms with Crippen molar-refractivity contribution in [3.63, 3.8) is 0 Å². The lowest BCUT2D eigenvalue weighted by Gasteiger charge is -2.06. The quantitative estimate of drug-likeness (QED) is 0.719. The van der Waals surface area contributed by atoms with Gasteiger partial charge in [-0.3, -0.25) is 0 Å². The van der Waals surface area contributed by atoms with Gasteiger partial charge in [-0.1, -0.05) is 13.3 Å². The van der Waals surface area contributed by atoms with Crippen LogP contribution in [0.2, 0.25) is 0 Å². The standard InChI is InChI=1S/C10H16N2O2/c1-3-4-8(11)7-5-9(12-6-7)10(13)14-2/h5-6,8,12H,3-4,11H2,1-2H3. The van der Waals surface area contributed by atoms with E-state index in [1.807, 2.05) is 0 Å². The Balaban J connectivity index is 2.72. The molecule has 0 saturated carbocycles. The summed E-state index contributed by atoms with van der Waals surface area (Å²) in [5, 5.41) is 0. The van der Waals surface area contributed by atoms with Crippen LogP contribution in [0.15, 0.2) is 12.3 Å². The molecule has 1 rings (SSSR count). The first-order valence-corrected chi connectivity index (χ1v) is 4.71. The molecule has 0 radical (unpaired) electrons. The predicted molar refractivity (Wildman–Crippen MR) is 54.0 cm³/mol. The van der Waals surface area contributed by atoms with Crippen LogP contribution >= 0.6 is 0 Å². The van der Waals surface area contributed by atoms with Gasteiger partial charge in [0, 0.05) is 12.2 Å². The van der Waals surface area contributed by atoms with Crippen LogP contribution in [0.1, 0.15) is 41.9 Å². The van der Waals surface area contributed by atoms with Crippen molar-refractivity contribution in [2.75, 3.05) is 7.11 Å². The van der Waals surface area contributed by atoms with E-state index in [0.29, 0.717) is 5.69 Å². The lowest BCUT2D eigenvalue weighted by molar-refractivity contribution is 0.0595. The smallest absolute Gasteiger partial charge is 0.354 e. The molecule has 0 aliphatic carbocycles. The third kappa shape index (κ3) is 2.35. The van der Waals surface area contributed by atoms with Gasteiger partial charge in [-0.15, -0.1) is 0 Å². The van der Waals surface area contributed by atoms with Gasteiger partial charge < -0.3 is 15.5 Å². The molecule has 0 aliphatic heterocycles. The number of ether oxygens (including phenoxy) is 1. The third-order valence-electron chi connectivity index (χ3n) is 2.14. The second kappa shape index (κ2) is 4.81. The third-order valence-corrected chi connectivity index (χ3v) is 2.14. The molecule has 4 heteroatoms. The monoisotopic (exact) mass is 196 g/mol. The number of nitrogens with one attached hydrogen (secondary N) is 1. The summed E-state index contributed by atoms with van der Waals surface area (Å²) >= 11 is 0. The number of methoxy groups -OCH3 is 1. The van der Waals surface area contributed by atoms with Crippen LogP contribution in [0, 0.1) is 0 Å². The van der Waals surface area contributed by atoms with Crippen LogP contribution in [0.4, 0.5) is 0 Å². The van der Waals surface area contributed by atoms with E-state index in [-0.39, 0.29) is 12.0 Å². The van der Waals surface area contributed by atoms with Gasteiger partial charge in [-0.05, 0) is 18.1 Å². The molecule has 1 aromatic heterocycles. The van der Waals surface area contributed by atoms with Crippen LogP contribution in [0.5, 0.6) is 0 Å². The fraction of sp³-hybridized carbons (Fsp3) is 0.500. The lowest BCUT2D eigenvalue weighted by atomic mass is 10.1. The Kier molecular flexibility index (Phi) is 3.71. The zero-order valence-electron chi connectivity index (χ0n) is 8.54. The van der Waals surface area contributed by atoms with Gasteiger partial charge in [-0.2, -0.15) is 0 Å². The summed E-state index contributed by atoms with van der Waals surface area (Å²) in [6.07, 6.45) is 3.70. The van der Waals surface area contributed by atoms with Crippen molar-refractivity contribution >= 4 is 5.97 Å². The van der Waals surface area contributed by atoms with Crippen molar-refractivity contribution < 1.29 is 9.53 Å². The van der Waals surface area contributed by atoms with Gasteiger partial charge in [0.2, 0.25) is 0 Å². The molecule has 0 amide bonds. The Morgan fingerprint density at radius 1 is 1.71 bits per heavy atom. The molecule has 1 aromatic rings. The van der Waals surface area contributed by atoms with E-state index >= 15 is 0 Å². The number of H-pyrrole nitrogens is 1. The molecule has 14 heavy (non-hydrogen) atoms. The van der Waals surface area contributed by atoms with E-state index in [2.05, 4.69) is 16.6 Å². The van der Waals surface area contributed by atoms with Gasteiger partial charge in [0.1, 0.15) is 5.69 Å². The maximum absolute atomic E-state index is 11.1. The number of aromatic nitrogens is 1. The van der Waals surface area contributed by atoms with Crippen LogP contribution in [0.25, 0.3) is 0 Å². The maximum atomic E-state index is 11.1. The first-order chi connectivity index (χ1) is 6.69.